The second-order valence-corrected chi connectivity index (χ2v) is 5.71. The minimum atomic E-state index is -0.243. The Bertz CT molecular complexity index is 509. The number of benzene rings is 1. The number of ether oxygens (including phenoxy) is 1. The van der Waals surface area contributed by atoms with Crippen LogP contribution in [0.25, 0.3) is 0 Å². The van der Waals surface area contributed by atoms with E-state index in [9.17, 15) is 4.39 Å². The first-order valence-corrected chi connectivity index (χ1v) is 7.37. The maximum absolute atomic E-state index is 13.9. The minimum absolute atomic E-state index is 0. The first kappa shape index (κ1) is 19.4. The monoisotopic (exact) mass is 441 g/mol. The summed E-state index contributed by atoms with van der Waals surface area (Å²) in [5, 5.41) is 7.00. The molecule has 3 atom stereocenters. The molecule has 2 rings (SSSR count). The lowest BCUT2D eigenvalue weighted by Crippen LogP contribution is -2.45. The second kappa shape index (κ2) is 8.88. The largest absolute Gasteiger partial charge is 0.383 e. The highest BCUT2D eigenvalue weighted by Gasteiger charge is 2.41. The summed E-state index contributed by atoms with van der Waals surface area (Å²) in [4.78, 5) is 4.18. The van der Waals surface area contributed by atoms with E-state index in [-0.39, 0.29) is 47.8 Å². The molecular weight excluding hydrogens is 420 g/mol. The predicted molar refractivity (Wildman–Crippen MR) is 98.9 cm³/mol. The number of nitrogens with one attached hydrogen (secondary N) is 2. The van der Waals surface area contributed by atoms with Crippen LogP contribution >= 0.6 is 35.6 Å². The summed E-state index contributed by atoms with van der Waals surface area (Å²) in [6.45, 7) is 2.60. The van der Waals surface area contributed by atoms with E-state index in [0.29, 0.717) is 23.2 Å². The van der Waals surface area contributed by atoms with Crippen molar-refractivity contribution in [1.29, 1.82) is 0 Å². The summed E-state index contributed by atoms with van der Waals surface area (Å²) in [6.07, 6.45) is 0.847. The van der Waals surface area contributed by atoms with E-state index >= 15 is 0 Å². The minimum Gasteiger partial charge on any atom is -0.383 e. The first-order valence-electron chi connectivity index (χ1n) is 6.99. The Kier molecular flexibility index (Phi) is 7.85. The number of hydrogen-bond acceptors (Lipinski definition) is 2. The Morgan fingerprint density at radius 2 is 2.27 bits per heavy atom. The smallest absolute Gasteiger partial charge is 0.191 e. The molecular formula is C15H22ClFIN3O. The van der Waals surface area contributed by atoms with Crippen molar-refractivity contribution in [2.75, 3.05) is 20.8 Å². The van der Waals surface area contributed by atoms with Gasteiger partial charge in [0.1, 0.15) is 5.82 Å². The topological polar surface area (TPSA) is 45.7 Å². The van der Waals surface area contributed by atoms with Crippen molar-refractivity contribution in [3.8, 4) is 0 Å². The average molecular weight is 442 g/mol. The fraction of sp³-hybridized carbons (Fsp3) is 0.533. The van der Waals surface area contributed by atoms with Crippen LogP contribution < -0.4 is 10.6 Å². The van der Waals surface area contributed by atoms with Gasteiger partial charge >= 0.3 is 0 Å². The van der Waals surface area contributed by atoms with E-state index in [0.717, 1.165) is 6.42 Å². The molecule has 0 saturated heterocycles. The van der Waals surface area contributed by atoms with Crippen LogP contribution in [0.3, 0.4) is 0 Å². The molecule has 1 aliphatic carbocycles. The van der Waals surface area contributed by atoms with Gasteiger partial charge < -0.3 is 15.4 Å². The maximum atomic E-state index is 13.9. The van der Waals surface area contributed by atoms with Gasteiger partial charge in [-0.1, -0.05) is 17.7 Å². The Morgan fingerprint density at radius 1 is 1.55 bits per heavy atom. The van der Waals surface area contributed by atoms with Crippen LogP contribution in [-0.4, -0.2) is 38.8 Å². The van der Waals surface area contributed by atoms with E-state index in [2.05, 4.69) is 15.6 Å². The van der Waals surface area contributed by atoms with Crippen LogP contribution in [0, 0.1) is 5.82 Å². The van der Waals surface area contributed by atoms with E-state index in [1.807, 2.05) is 6.92 Å². The molecule has 7 heteroatoms. The SMILES string of the molecule is CN=C(NC(C)COC)NC1CC1c1c(F)cccc1Cl.I. The standard InChI is InChI=1S/C15H21ClFN3O.HI/c1-9(8-21-3)19-15(18-2)20-13-7-10(13)14-11(16)5-4-6-12(14)17;/h4-6,9-10,13H,7-8H2,1-3H3,(H2,18,19,20);1H. The van der Waals surface area contributed by atoms with E-state index in [1.54, 1.807) is 26.3 Å². The molecule has 0 amide bonds. The van der Waals surface area contributed by atoms with Crippen LogP contribution in [0.4, 0.5) is 4.39 Å². The summed E-state index contributed by atoms with van der Waals surface area (Å²) in [6, 6.07) is 5.10. The Morgan fingerprint density at radius 3 is 2.86 bits per heavy atom. The number of halogens is 3. The lowest BCUT2D eigenvalue weighted by molar-refractivity contribution is 0.179. The third kappa shape index (κ3) is 4.96. The van der Waals surface area contributed by atoms with Crippen LogP contribution in [0.5, 0.6) is 0 Å². The number of methoxy groups -OCH3 is 1. The molecule has 22 heavy (non-hydrogen) atoms. The van der Waals surface area contributed by atoms with E-state index in [4.69, 9.17) is 16.3 Å². The summed E-state index contributed by atoms with van der Waals surface area (Å²) < 4.78 is 18.9. The van der Waals surface area contributed by atoms with E-state index < -0.39 is 0 Å². The Hall–Kier alpha value is -0.600. The van der Waals surface area contributed by atoms with Crippen molar-refractivity contribution >= 4 is 41.5 Å². The Labute approximate surface area is 152 Å². The van der Waals surface area contributed by atoms with Gasteiger partial charge in [0.25, 0.3) is 0 Å². The van der Waals surface area contributed by atoms with Crippen LogP contribution in [0.15, 0.2) is 23.2 Å². The fourth-order valence-electron chi connectivity index (χ4n) is 2.41. The molecule has 124 valence electrons. The van der Waals surface area contributed by atoms with Gasteiger partial charge in [0.05, 0.1) is 6.61 Å². The molecule has 0 spiro atoms. The zero-order valence-corrected chi connectivity index (χ0v) is 16.0. The number of nitrogens with zero attached hydrogens (tertiary/aromatic N) is 1. The first-order chi connectivity index (χ1) is 10.1. The van der Waals surface area contributed by atoms with Crippen LogP contribution in [0.1, 0.15) is 24.8 Å². The van der Waals surface area contributed by atoms with Gasteiger partial charge in [-0.3, -0.25) is 4.99 Å². The van der Waals surface area contributed by atoms with Crippen LogP contribution in [-0.2, 0) is 4.74 Å². The molecule has 0 aliphatic heterocycles. The third-order valence-corrected chi connectivity index (χ3v) is 3.84. The second-order valence-electron chi connectivity index (χ2n) is 5.30. The van der Waals surface area contributed by atoms with Gasteiger partial charge in [-0.15, -0.1) is 24.0 Å². The molecule has 1 fully saturated rings. The zero-order valence-electron chi connectivity index (χ0n) is 12.9. The molecule has 4 nitrogen and oxygen atoms in total. The number of rotatable bonds is 5. The van der Waals surface area contributed by atoms with Crippen molar-refractivity contribution < 1.29 is 9.13 Å². The predicted octanol–water partition coefficient (Wildman–Crippen LogP) is 3.15. The van der Waals surface area contributed by atoms with Crippen molar-refractivity contribution in [3.63, 3.8) is 0 Å². The number of guanidine groups is 1. The van der Waals surface area contributed by atoms with Gasteiger partial charge in [0, 0.05) is 42.7 Å². The van der Waals surface area contributed by atoms with Gasteiger partial charge in [0.2, 0.25) is 0 Å². The summed E-state index contributed by atoms with van der Waals surface area (Å²) in [5.74, 6) is 0.544. The average Bonchev–Trinajstić information content (AvgIpc) is 3.17. The summed E-state index contributed by atoms with van der Waals surface area (Å²) in [7, 11) is 3.37. The quantitative estimate of drug-likeness (QED) is 0.419. The van der Waals surface area contributed by atoms with Gasteiger partial charge in [-0.05, 0) is 25.5 Å². The highest BCUT2D eigenvalue weighted by molar-refractivity contribution is 14.0. The lowest BCUT2D eigenvalue weighted by atomic mass is 10.1. The third-order valence-electron chi connectivity index (χ3n) is 3.51. The zero-order chi connectivity index (χ0) is 15.4. The highest BCUT2D eigenvalue weighted by Crippen LogP contribution is 2.44. The molecule has 3 unspecified atom stereocenters. The van der Waals surface area contributed by atoms with Crippen molar-refractivity contribution in [1.82, 2.24) is 10.6 Å². The van der Waals surface area contributed by atoms with Crippen molar-refractivity contribution in [2.45, 2.75) is 31.3 Å². The molecule has 1 aromatic carbocycles. The maximum Gasteiger partial charge on any atom is 0.191 e. The number of hydrogen-bond donors (Lipinski definition) is 2. The highest BCUT2D eigenvalue weighted by atomic mass is 127. The summed E-state index contributed by atoms with van der Waals surface area (Å²) in [5.41, 5.74) is 0.594. The normalized spacial score (nSPS) is 21.8. The molecule has 0 bridgehead atoms. The van der Waals surface area contributed by atoms with E-state index in [1.165, 1.54) is 6.07 Å². The fourth-order valence-corrected chi connectivity index (χ4v) is 2.71. The van der Waals surface area contributed by atoms with Gasteiger partial charge in [-0.2, -0.15) is 0 Å². The molecule has 0 radical (unpaired) electrons. The Balaban J connectivity index is 0.00000242. The lowest BCUT2D eigenvalue weighted by Gasteiger charge is -2.17. The van der Waals surface area contributed by atoms with Gasteiger partial charge in [0.15, 0.2) is 5.96 Å². The van der Waals surface area contributed by atoms with Crippen molar-refractivity contribution in [3.05, 3.63) is 34.6 Å². The summed E-state index contributed by atoms with van der Waals surface area (Å²) >= 11 is 6.10. The molecule has 1 aliphatic rings. The molecule has 0 aromatic heterocycles. The molecule has 0 heterocycles. The number of aliphatic imine (C=N–C) groups is 1. The molecule has 2 N–H and O–H groups in total. The van der Waals surface area contributed by atoms with Crippen molar-refractivity contribution in [2.24, 2.45) is 4.99 Å². The molecule has 1 aromatic rings. The molecule has 1 saturated carbocycles. The van der Waals surface area contributed by atoms with Gasteiger partial charge in [-0.25, -0.2) is 4.39 Å². The van der Waals surface area contributed by atoms with Crippen LogP contribution in [0.2, 0.25) is 5.02 Å².